The lowest BCUT2D eigenvalue weighted by Gasteiger charge is -2.18. The molecule has 0 aliphatic rings. The highest BCUT2D eigenvalue weighted by atomic mass is 16.7. The van der Waals surface area contributed by atoms with Gasteiger partial charge in [-0.2, -0.15) is 0 Å². The number of aromatic hydroxyl groups is 2. The highest BCUT2D eigenvalue weighted by Crippen LogP contribution is 2.26. The standard InChI is InChI=1S/C15H22O3.C14H22O2.C13H18O3.C12H18O/c1-6-11(2)12-7-9-13(10-8-12)17-14(16)18-15(3,4)5;1-5-11(3)13-7-9-14(10-8-13)16-12(4)15-6-2;1-4-12(13(15)16-9(2)3)10-5-7-11(14)8-6-10;1-9(2)8-10(3)11-4-6-12(13)7-5-11/h7-11H,6H2,1-5H3;7-12H,5-6H2,1-4H3;5-9,12,14H,4H2,1-3H3;4-7,9-10,13H,8H2,1-3H3. The SMILES string of the molecule is CC(C)CC(C)c1ccc(O)cc1.CCC(C(=O)OC(C)C)c1ccc(O)cc1.CCC(C)c1ccc(OC(=O)OC(C)(C)C)cc1.CCOC(C)Oc1ccc(C(C)CC)cc1. The zero-order valence-electron chi connectivity index (χ0n) is 41.1. The molecule has 0 fully saturated rings. The van der Waals surface area contributed by atoms with E-state index in [9.17, 15) is 14.7 Å². The van der Waals surface area contributed by atoms with Crippen LogP contribution in [0.2, 0.25) is 0 Å². The second-order valence-electron chi connectivity index (χ2n) is 17.6. The smallest absolute Gasteiger partial charge is 0.508 e. The van der Waals surface area contributed by atoms with E-state index in [4.69, 9.17) is 28.8 Å². The second kappa shape index (κ2) is 29.4. The van der Waals surface area contributed by atoms with Crippen molar-refractivity contribution in [3.05, 3.63) is 119 Å². The minimum absolute atomic E-state index is 0.0985. The van der Waals surface area contributed by atoms with Crippen molar-refractivity contribution in [3.63, 3.8) is 0 Å². The Hall–Kier alpha value is -5.02. The molecular formula is C54H80O9. The molecule has 0 bridgehead atoms. The number of carbonyl (C=O) groups is 2. The molecule has 0 saturated heterocycles. The summed E-state index contributed by atoms with van der Waals surface area (Å²) in [5, 5.41) is 18.3. The molecule has 0 aromatic heterocycles. The number of carbonyl (C=O) groups excluding carboxylic acids is 2. The number of phenolic OH excluding ortho intramolecular Hbond substituents is 2. The summed E-state index contributed by atoms with van der Waals surface area (Å²) in [6.07, 6.45) is 3.19. The van der Waals surface area contributed by atoms with Gasteiger partial charge in [-0.05, 0) is 169 Å². The maximum absolute atomic E-state index is 11.8. The van der Waals surface area contributed by atoms with Gasteiger partial charge in [0.05, 0.1) is 12.0 Å². The molecule has 350 valence electrons. The molecule has 0 heterocycles. The first-order chi connectivity index (χ1) is 29.6. The van der Waals surface area contributed by atoms with Crippen LogP contribution in [0.5, 0.6) is 23.0 Å². The van der Waals surface area contributed by atoms with Gasteiger partial charge in [0.15, 0.2) is 6.29 Å². The van der Waals surface area contributed by atoms with E-state index in [1.54, 1.807) is 69.3 Å². The minimum atomic E-state index is -0.668. The van der Waals surface area contributed by atoms with Gasteiger partial charge < -0.3 is 33.9 Å². The summed E-state index contributed by atoms with van der Waals surface area (Å²) in [5.41, 5.74) is 4.26. The van der Waals surface area contributed by atoms with Gasteiger partial charge in [-0.25, -0.2) is 4.79 Å². The summed E-state index contributed by atoms with van der Waals surface area (Å²) in [4.78, 5) is 23.2. The Labute approximate surface area is 380 Å². The van der Waals surface area contributed by atoms with Gasteiger partial charge in [-0.1, -0.05) is 104 Å². The van der Waals surface area contributed by atoms with Crippen LogP contribution in [0.3, 0.4) is 0 Å². The largest absolute Gasteiger partial charge is 0.514 e. The third kappa shape index (κ3) is 23.9. The minimum Gasteiger partial charge on any atom is -0.508 e. The number of ether oxygens (including phenoxy) is 5. The monoisotopic (exact) mass is 873 g/mol. The van der Waals surface area contributed by atoms with E-state index >= 15 is 0 Å². The maximum atomic E-state index is 11.8. The van der Waals surface area contributed by atoms with E-state index in [1.807, 2.05) is 71.0 Å². The quantitative estimate of drug-likeness (QED) is 0.0644. The number of rotatable bonds is 16. The van der Waals surface area contributed by atoms with E-state index in [1.165, 1.54) is 23.1 Å². The normalized spacial score (nSPS) is 13.3. The summed E-state index contributed by atoms with van der Waals surface area (Å²) in [6, 6.07) is 30.0. The first-order valence-corrected chi connectivity index (χ1v) is 22.8. The molecule has 9 nitrogen and oxygen atoms in total. The highest BCUT2D eigenvalue weighted by Gasteiger charge is 2.21. The fourth-order valence-electron chi connectivity index (χ4n) is 6.24. The van der Waals surface area contributed by atoms with Crippen LogP contribution in [0.25, 0.3) is 0 Å². The van der Waals surface area contributed by atoms with E-state index < -0.39 is 11.8 Å². The van der Waals surface area contributed by atoms with Gasteiger partial charge in [-0.3, -0.25) is 4.79 Å². The van der Waals surface area contributed by atoms with Crippen molar-refractivity contribution in [2.24, 2.45) is 5.92 Å². The van der Waals surface area contributed by atoms with Crippen LogP contribution in [0.1, 0.15) is 175 Å². The first kappa shape index (κ1) is 56.0. The third-order valence-electron chi connectivity index (χ3n) is 10.0. The van der Waals surface area contributed by atoms with Crippen molar-refractivity contribution in [2.45, 2.75) is 171 Å². The number of hydrogen-bond donors (Lipinski definition) is 2. The lowest BCUT2D eigenvalue weighted by atomic mass is 9.92. The molecule has 4 aromatic carbocycles. The molecule has 0 amide bonds. The van der Waals surface area contributed by atoms with Crippen molar-refractivity contribution in [1.82, 2.24) is 0 Å². The van der Waals surface area contributed by atoms with Crippen LogP contribution in [0.4, 0.5) is 4.79 Å². The molecule has 0 spiro atoms. The molecule has 0 aliphatic heterocycles. The molecule has 9 heteroatoms. The average molecular weight is 873 g/mol. The summed E-state index contributed by atoms with van der Waals surface area (Å²) >= 11 is 0. The predicted molar refractivity (Wildman–Crippen MR) is 257 cm³/mol. The van der Waals surface area contributed by atoms with Crippen molar-refractivity contribution < 1.29 is 43.5 Å². The molecule has 4 rings (SSSR count). The Kier molecular flexibility index (Phi) is 26.1. The molecule has 0 radical (unpaired) electrons. The third-order valence-corrected chi connectivity index (χ3v) is 10.0. The van der Waals surface area contributed by atoms with Crippen LogP contribution < -0.4 is 9.47 Å². The van der Waals surface area contributed by atoms with E-state index in [0.29, 0.717) is 42.3 Å². The summed E-state index contributed by atoms with van der Waals surface area (Å²) in [7, 11) is 0. The van der Waals surface area contributed by atoms with Crippen molar-refractivity contribution >= 4 is 12.1 Å². The number of hydrogen-bond acceptors (Lipinski definition) is 9. The van der Waals surface area contributed by atoms with Crippen molar-refractivity contribution in [1.29, 1.82) is 0 Å². The van der Waals surface area contributed by atoms with Gasteiger partial charge in [0.2, 0.25) is 0 Å². The Morgan fingerprint density at radius 2 is 0.968 bits per heavy atom. The molecule has 2 N–H and O–H groups in total. The van der Waals surface area contributed by atoms with Crippen LogP contribution in [0, 0.1) is 5.92 Å². The van der Waals surface area contributed by atoms with Gasteiger partial charge in [0.1, 0.15) is 28.6 Å². The number of esters is 1. The molecule has 63 heavy (non-hydrogen) atoms. The van der Waals surface area contributed by atoms with Crippen LogP contribution in [-0.2, 0) is 19.0 Å². The van der Waals surface area contributed by atoms with Gasteiger partial charge >= 0.3 is 12.1 Å². The van der Waals surface area contributed by atoms with Crippen LogP contribution in [-0.4, -0.2) is 46.9 Å². The molecule has 4 aromatic rings. The Morgan fingerprint density at radius 1 is 0.556 bits per heavy atom. The molecular weight excluding hydrogens is 793 g/mol. The van der Waals surface area contributed by atoms with Gasteiger partial charge in [0.25, 0.3) is 0 Å². The second-order valence-corrected chi connectivity index (χ2v) is 17.6. The zero-order valence-corrected chi connectivity index (χ0v) is 41.1. The molecule has 0 saturated carbocycles. The Balaban J connectivity index is 0.000000422. The van der Waals surface area contributed by atoms with Crippen LogP contribution >= 0.6 is 0 Å². The van der Waals surface area contributed by atoms with E-state index in [0.717, 1.165) is 30.1 Å². The fraction of sp³-hybridized carbons (Fsp3) is 0.519. The van der Waals surface area contributed by atoms with Crippen molar-refractivity contribution in [2.75, 3.05) is 6.61 Å². The Morgan fingerprint density at radius 3 is 1.35 bits per heavy atom. The highest BCUT2D eigenvalue weighted by molar-refractivity contribution is 5.78. The topological polar surface area (TPSA) is 121 Å². The summed E-state index contributed by atoms with van der Waals surface area (Å²) in [5.74, 6) is 3.91. The Bertz CT molecular complexity index is 1810. The average Bonchev–Trinajstić information content (AvgIpc) is 3.21. The van der Waals surface area contributed by atoms with Gasteiger partial charge in [-0.15, -0.1) is 0 Å². The zero-order chi connectivity index (χ0) is 47.7. The van der Waals surface area contributed by atoms with E-state index in [-0.39, 0.29) is 30.0 Å². The maximum Gasteiger partial charge on any atom is 0.514 e. The molecule has 0 aliphatic carbocycles. The predicted octanol–water partition coefficient (Wildman–Crippen LogP) is 14.9. The summed E-state index contributed by atoms with van der Waals surface area (Å²) < 4.78 is 26.3. The van der Waals surface area contributed by atoms with Gasteiger partial charge in [0, 0.05) is 6.61 Å². The van der Waals surface area contributed by atoms with E-state index in [2.05, 4.69) is 60.6 Å². The van der Waals surface area contributed by atoms with Crippen LogP contribution in [0.15, 0.2) is 97.1 Å². The first-order valence-electron chi connectivity index (χ1n) is 22.8. The summed E-state index contributed by atoms with van der Waals surface area (Å²) in [6.45, 7) is 31.0. The fourth-order valence-corrected chi connectivity index (χ4v) is 6.24. The number of benzene rings is 4. The number of phenols is 2. The van der Waals surface area contributed by atoms with Crippen molar-refractivity contribution in [3.8, 4) is 23.0 Å². The molecule has 5 unspecified atom stereocenters. The lowest BCUT2D eigenvalue weighted by molar-refractivity contribution is -0.149. The lowest BCUT2D eigenvalue weighted by Crippen LogP contribution is -2.25. The molecule has 5 atom stereocenters.